The van der Waals surface area contributed by atoms with Crippen molar-refractivity contribution in [1.29, 1.82) is 0 Å². The Morgan fingerprint density at radius 2 is 2.28 bits per heavy atom. The van der Waals surface area contributed by atoms with E-state index in [9.17, 15) is 9.90 Å². The van der Waals surface area contributed by atoms with Gasteiger partial charge in [0.25, 0.3) is 0 Å². The van der Waals surface area contributed by atoms with Crippen LogP contribution in [0.2, 0.25) is 0 Å². The number of nitrogens with one attached hydrogen (secondary N) is 2. The third kappa shape index (κ3) is 4.46. The van der Waals surface area contributed by atoms with Gasteiger partial charge in [-0.25, -0.2) is 0 Å². The van der Waals surface area contributed by atoms with E-state index >= 15 is 0 Å². The quantitative estimate of drug-likeness (QED) is 0.619. The number of nitrogens with zero attached hydrogens (tertiary/aromatic N) is 2. The van der Waals surface area contributed by atoms with Crippen molar-refractivity contribution in [2.45, 2.75) is 26.5 Å². The number of aromatic nitrogens is 2. The molecular weight excluding hydrogens is 232 g/mol. The molecule has 0 aliphatic rings. The number of hydrogen-bond acceptors (Lipinski definition) is 4. The zero-order chi connectivity index (χ0) is 13.6. The van der Waals surface area contributed by atoms with E-state index in [1.54, 1.807) is 24.1 Å². The first-order valence-electron chi connectivity index (χ1n) is 6.04. The molecule has 6 heteroatoms. The lowest BCUT2D eigenvalue weighted by molar-refractivity contribution is -0.128. The van der Waals surface area contributed by atoms with Crippen LogP contribution in [0.25, 0.3) is 0 Å². The highest BCUT2D eigenvalue weighted by Crippen LogP contribution is 2.12. The second-order valence-corrected chi connectivity index (χ2v) is 4.98. The van der Waals surface area contributed by atoms with E-state index in [-0.39, 0.29) is 5.91 Å². The van der Waals surface area contributed by atoms with E-state index < -0.39 is 11.5 Å². The third-order valence-corrected chi connectivity index (χ3v) is 2.75. The average molecular weight is 254 g/mol. The van der Waals surface area contributed by atoms with E-state index in [0.717, 1.165) is 0 Å². The highest BCUT2D eigenvalue weighted by molar-refractivity contribution is 5.81. The molecule has 0 radical (unpaired) electrons. The molecule has 3 N–H and O–H groups in total. The molecule has 1 aromatic heterocycles. The summed E-state index contributed by atoms with van der Waals surface area (Å²) < 4.78 is 1.68. The van der Waals surface area contributed by atoms with Gasteiger partial charge in [-0.2, -0.15) is 5.10 Å². The fraction of sp³-hybridized carbons (Fsp3) is 0.667. The Balaban J connectivity index is 2.27. The minimum Gasteiger partial charge on any atom is -0.390 e. The largest absolute Gasteiger partial charge is 0.390 e. The minimum atomic E-state index is -0.523. The van der Waals surface area contributed by atoms with Crippen molar-refractivity contribution in [2.75, 3.05) is 20.1 Å². The summed E-state index contributed by atoms with van der Waals surface area (Å²) in [5.74, 6) is -0.0171. The van der Waals surface area contributed by atoms with Crippen molar-refractivity contribution in [3.8, 4) is 0 Å². The van der Waals surface area contributed by atoms with Gasteiger partial charge in [-0.3, -0.25) is 9.48 Å². The van der Waals surface area contributed by atoms with Crippen LogP contribution in [0.5, 0.6) is 0 Å². The molecule has 0 aliphatic carbocycles. The number of carbonyl (C=O) groups is 1. The first-order chi connectivity index (χ1) is 8.45. The first kappa shape index (κ1) is 14.7. The maximum atomic E-state index is 11.5. The van der Waals surface area contributed by atoms with Crippen molar-refractivity contribution in [2.24, 2.45) is 5.41 Å². The third-order valence-electron chi connectivity index (χ3n) is 2.75. The molecule has 18 heavy (non-hydrogen) atoms. The second kappa shape index (κ2) is 6.51. The topological polar surface area (TPSA) is 79.2 Å². The van der Waals surface area contributed by atoms with Crippen molar-refractivity contribution in [3.05, 3.63) is 18.5 Å². The van der Waals surface area contributed by atoms with Crippen molar-refractivity contribution >= 4 is 5.91 Å². The number of carbonyl (C=O) groups excluding carboxylic acids is 1. The Hall–Kier alpha value is -1.40. The SMILES string of the molecule is CNC(=O)C(C)(C)CNCC(O)Cn1cccn1. The van der Waals surface area contributed by atoms with E-state index in [2.05, 4.69) is 15.7 Å². The summed E-state index contributed by atoms with van der Waals surface area (Å²) in [6.45, 7) is 5.11. The van der Waals surface area contributed by atoms with Gasteiger partial charge in [0.15, 0.2) is 0 Å². The molecular formula is C12H22N4O2. The summed E-state index contributed by atoms with van der Waals surface area (Å²) in [7, 11) is 1.62. The lowest BCUT2D eigenvalue weighted by Gasteiger charge is -2.23. The molecule has 0 saturated carbocycles. The molecule has 1 rings (SSSR count). The smallest absolute Gasteiger partial charge is 0.226 e. The zero-order valence-corrected chi connectivity index (χ0v) is 11.2. The Bertz CT molecular complexity index is 362. The van der Waals surface area contributed by atoms with Crippen LogP contribution in [0.4, 0.5) is 0 Å². The summed E-state index contributed by atoms with van der Waals surface area (Å²) in [4.78, 5) is 11.5. The van der Waals surface area contributed by atoms with Gasteiger partial charge in [0.1, 0.15) is 0 Å². The summed E-state index contributed by atoms with van der Waals surface area (Å²) >= 11 is 0. The van der Waals surface area contributed by atoms with Gasteiger partial charge in [-0.15, -0.1) is 0 Å². The Kier molecular flexibility index (Phi) is 5.30. The molecule has 0 aliphatic heterocycles. The lowest BCUT2D eigenvalue weighted by atomic mass is 9.92. The molecule has 0 saturated heterocycles. The number of aliphatic hydroxyl groups excluding tert-OH is 1. The van der Waals surface area contributed by atoms with Crippen LogP contribution in [-0.2, 0) is 11.3 Å². The number of rotatable bonds is 7. The van der Waals surface area contributed by atoms with Crippen LogP contribution in [0, 0.1) is 5.41 Å². The van der Waals surface area contributed by atoms with Gasteiger partial charge in [0.2, 0.25) is 5.91 Å². The molecule has 1 aromatic rings. The van der Waals surface area contributed by atoms with Crippen LogP contribution >= 0.6 is 0 Å². The Morgan fingerprint density at radius 1 is 1.56 bits per heavy atom. The monoisotopic (exact) mass is 254 g/mol. The predicted molar refractivity (Wildman–Crippen MR) is 69.0 cm³/mol. The first-order valence-corrected chi connectivity index (χ1v) is 6.04. The number of amides is 1. The summed E-state index contributed by atoms with van der Waals surface area (Å²) in [5.41, 5.74) is -0.486. The summed E-state index contributed by atoms with van der Waals surface area (Å²) in [5, 5.41) is 19.5. The van der Waals surface area contributed by atoms with E-state index in [1.807, 2.05) is 19.9 Å². The summed E-state index contributed by atoms with van der Waals surface area (Å²) in [6.07, 6.45) is 2.96. The van der Waals surface area contributed by atoms with E-state index in [4.69, 9.17) is 0 Å². The molecule has 6 nitrogen and oxygen atoms in total. The fourth-order valence-electron chi connectivity index (χ4n) is 1.66. The van der Waals surface area contributed by atoms with Gasteiger partial charge in [-0.05, 0) is 19.9 Å². The molecule has 1 atom stereocenters. The van der Waals surface area contributed by atoms with Crippen molar-refractivity contribution < 1.29 is 9.90 Å². The van der Waals surface area contributed by atoms with Crippen LogP contribution in [0.15, 0.2) is 18.5 Å². The maximum Gasteiger partial charge on any atom is 0.226 e. The van der Waals surface area contributed by atoms with Gasteiger partial charge in [0.05, 0.1) is 18.1 Å². The fourth-order valence-corrected chi connectivity index (χ4v) is 1.66. The van der Waals surface area contributed by atoms with E-state index in [1.165, 1.54) is 0 Å². The molecule has 0 fully saturated rings. The van der Waals surface area contributed by atoms with Crippen LogP contribution in [0.1, 0.15) is 13.8 Å². The molecule has 1 heterocycles. The minimum absolute atomic E-state index is 0.0171. The molecule has 102 valence electrons. The van der Waals surface area contributed by atoms with Gasteiger partial charge >= 0.3 is 0 Å². The molecule has 0 bridgehead atoms. The van der Waals surface area contributed by atoms with Crippen molar-refractivity contribution in [1.82, 2.24) is 20.4 Å². The lowest BCUT2D eigenvalue weighted by Crippen LogP contribution is -2.44. The normalized spacial score (nSPS) is 13.3. The number of hydrogen-bond donors (Lipinski definition) is 3. The summed E-state index contributed by atoms with van der Waals surface area (Å²) in [6, 6.07) is 1.81. The van der Waals surface area contributed by atoms with Crippen LogP contribution in [0.3, 0.4) is 0 Å². The van der Waals surface area contributed by atoms with Gasteiger partial charge in [-0.1, -0.05) is 0 Å². The number of aliphatic hydroxyl groups is 1. The maximum absolute atomic E-state index is 11.5. The Morgan fingerprint density at radius 3 is 2.83 bits per heavy atom. The van der Waals surface area contributed by atoms with Crippen molar-refractivity contribution in [3.63, 3.8) is 0 Å². The van der Waals surface area contributed by atoms with Crippen LogP contribution < -0.4 is 10.6 Å². The second-order valence-electron chi connectivity index (χ2n) is 4.98. The average Bonchev–Trinajstić information content (AvgIpc) is 2.80. The van der Waals surface area contributed by atoms with Crippen LogP contribution in [-0.4, -0.2) is 47.0 Å². The highest BCUT2D eigenvalue weighted by atomic mass is 16.3. The predicted octanol–water partition coefficient (Wildman–Crippen LogP) is -0.394. The van der Waals surface area contributed by atoms with Gasteiger partial charge in [0, 0.05) is 32.5 Å². The standard InChI is InChI=1S/C12H22N4O2/c1-12(2,11(18)13-3)9-14-7-10(17)8-16-6-4-5-15-16/h4-6,10,14,17H,7-9H2,1-3H3,(H,13,18). The zero-order valence-electron chi connectivity index (χ0n) is 11.2. The Labute approximate surface area is 107 Å². The molecule has 0 spiro atoms. The molecule has 0 aromatic carbocycles. The molecule has 1 amide bonds. The van der Waals surface area contributed by atoms with Gasteiger partial charge < -0.3 is 15.7 Å². The highest BCUT2D eigenvalue weighted by Gasteiger charge is 2.26. The molecule has 1 unspecified atom stereocenters. The van der Waals surface area contributed by atoms with E-state index in [0.29, 0.717) is 19.6 Å².